The average Bonchev–Trinajstić information content (AvgIpc) is 2.78. The highest BCUT2D eigenvalue weighted by Gasteiger charge is 2.14. The van der Waals surface area contributed by atoms with Crippen LogP contribution < -0.4 is 0 Å². The number of rotatable bonds is 3. The van der Waals surface area contributed by atoms with Crippen molar-refractivity contribution in [1.82, 2.24) is 15.0 Å². The molecule has 0 aliphatic carbocycles. The monoisotopic (exact) mass is 391 g/mol. The largest absolute Gasteiger partial charge is 0.478 e. The molecule has 5 nitrogen and oxygen atoms in total. The van der Waals surface area contributed by atoms with Crippen LogP contribution in [0.15, 0.2) is 78.9 Å². The van der Waals surface area contributed by atoms with Gasteiger partial charge in [0.05, 0.1) is 39.4 Å². The highest BCUT2D eigenvalue weighted by Crippen LogP contribution is 2.27. The number of pyridine rings is 3. The van der Waals surface area contributed by atoms with Gasteiger partial charge in [0.15, 0.2) is 0 Å². The third-order valence-corrected chi connectivity index (χ3v) is 5.14. The predicted molar refractivity (Wildman–Crippen MR) is 117 cm³/mol. The van der Waals surface area contributed by atoms with E-state index in [-0.39, 0.29) is 5.56 Å². The van der Waals surface area contributed by atoms with E-state index in [4.69, 9.17) is 9.97 Å². The molecule has 0 saturated heterocycles. The highest BCUT2D eigenvalue weighted by molar-refractivity contribution is 6.03. The van der Waals surface area contributed by atoms with Crippen molar-refractivity contribution in [3.63, 3.8) is 0 Å². The van der Waals surface area contributed by atoms with E-state index in [0.29, 0.717) is 28.0 Å². The first kappa shape index (κ1) is 17.9. The Morgan fingerprint density at radius 2 is 1.23 bits per heavy atom. The Hall–Kier alpha value is -4.12. The number of carboxylic acids is 1. The first-order valence-corrected chi connectivity index (χ1v) is 9.57. The first-order chi connectivity index (χ1) is 14.6. The summed E-state index contributed by atoms with van der Waals surface area (Å²) in [5.74, 6) is -0.988. The average molecular weight is 391 g/mol. The SMILES string of the molecule is Cc1cc(-c2cccc(-c3cc(C(=O)O)c4ccccc4n3)n2)nc2ccccc12. The molecule has 0 aliphatic rings. The molecule has 3 aromatic heterocycles. The summed E-state index contributed by atoms with van der Waals surface area (Å²) in [5, 5.41) is 11.4. The number of hydrogen-bond donors (Lipinski definition) is 1. The third kappa shape index (κ3) is 3.06. The standard InChI is InChI=1S/C25H17N3O2/c1-15-13-23(26-19-9-4-2-7-16(15)19)21-11-6-12-22(28-21)24-14-18(25(29)30)17-8-3-5-10-20(17)27-24/h2-14H,1H3,(H,29,30). The fourth-order valence-electron chi connectivity index (χ4n) is 3.68. The molecular weight excluding hydrogens is 374 g/mol. The van der Waals surface area contributed by atoms with Gasteiger partial charge in [-0.3, -0.25) is 0 Å². The van der Waals surface area contributed by atoms with Crippen molar-refractivity contribution in [2.75, 3.05) is 0 Å². The fraction of sp³-hybridized carbons (Fsp3) is 0.0400. The fourth-order valence-corrected chi connectivity index (χ4v) is 3.68. The van der Waals surface area contributed by atoms with Gasteiger partial charge in [0.25, 0.3) is 0 Å². The van der Waals surface area contributed by atoms with Crippen molar-refractivity contribution in [3.8, 4) is 22.8 Å². The quantitative estimate of drug-likeness (QED) is 0.438. The molecule has 0 spiro atoms. The number of aryl methyl sites for hydroxylation is 1. The van der Waals surface area contributed by atoms with Crippen molar-refractivity contribution in [2.45, 2.75) is 6.92 Å². The van der Waals surface area contributed by atoms with Gasteiger partial charge >= 0.3 is 5.97 Å². The van der Waals surface area contributed by atoms with Gasteiger partial charge in [0.1, 0.15) is 0 Å². The second-order valence-electron chi connectivity index (χ2n) is 7.13. The third-order valence-electron chi connectivity index (χ3n) is 5.14. The van der Waals surface area contributed by atoms with Gasteiger partial charge in [-0.25, -0.2) is 19.7 Å². The van der Waals surface area contributed by atoms with E-state index in [2.05, 4.69) is 18.0 Å². The number of fused-ring (bicyclic) bond motifs is 2. The minimum Gasteiger partial charge on any atom is -0.478 e. The molecule has 2 aromatic carbocycles. The molecule has 0 amide bonds. The molecule has 0 radical (unpaired) electrons. The van der Waals surface area contributed by atoms with Crippen LogP contribution in [0.1, 0.15) is 15.9 Å². The van der Waals surface area contributed by atoms with Crippen LogP contribution in [0.3, 0.4) is 0 Å². The van der Waals surface area contributed by atoms with Crippen LogP contribution in [0.5, 0.6) is 0 Å². The van der Waals surface area contributed by atoms with Gasteiger partial charge in [0.2, 0.25) is 0 Å². The molecule has 0 atom stereocenters. The van der Waals surface area contributed by atoms with E-state index in [1.807, 2.05) is 60.7 Å². The van der Waals surface area contributed by atoms with Gasteiger partial charge in [0, 0.05) is 10.8 Å². The van der Waals surface area contributed by atoms with Crippen molar-refractivity contribution >= 4 is 27.8 Å². The summed E-state index contributed by atoms with van der Waals surface area (Å²) in [6.07, 6.45) is 0. The van der Waals surface area contributed by atoms with Gasteiger partial charge in [-0.15, -0.1) is 0 Å². The van der Waals surface area contributed by atoms with Crippen molar-refractivity contribution in [1.29, 1.82) is 0 Å². The van der Waals surface area contributed by atoms with Crippen LogP contribution in [0, 0.1) is 6.92 Å². The number of aromatic carboxylic acids is 1. The zero-order valence-electron chi connectivity index (χ0n) is 16.2. The summed E-state index contributed by atoms with van der Waals surface area (Å²) in [7, 11) is 0. The van der Waals surface area contributed by atoms with Gasteiger partial charge in [-0.2, -0.15) is 0 Å². The number of carboxylic acid groups (broad SMARTS) is 1. The Bertz CT molecular complexity index is 1440. The molecule has 0 bridgehead atoms. The lowest BCUT2D eigenvalue weighted by atomic mass is 10.1. The molecule has 30 heavy (non-hydrogen) atoms. The summed E-state index contributed by atoms with van der Waals surface area (Å²) in [4.78, 5) is 25.9. The second-order valence-corrected chi connectivity index (χ2v) is 7.13. The van der Waals surface area contributed by atoms with Crippen molar-refractivity contribution < 1.29 is 9.90 Å². The van der Waals surface area contributed by atoms with E-state index in [1.54, 1.807) is 12.1 Å². The molecule has 0 unspecified atom stereocenters. The Morgan fingerprint density at radius 3 is 1.90 bits per heavy atom. The normalized spacial score (nSPS) is 11.1. The molecule has 0 fully saturated rings. The van der Waals surface area contributed by atoms with Crippen molar-refractivity contribution in [3.05, 3.63) is 90.0 Å². The lowest BCUT2D eigenvalue weighted by molar-refractivity contribution is 0.0699. The number of hydrogen-bond acceptors (Lipinski definition) is 4. The zero-order chi connectivity index (χ0) is 20.7. The molecular formula is C25H17N3O2. The van der Waals surface area contributed by atoms with E-state index in [9.17, 15) is 9.90 Å². The highest BCUT2D eigenvalue weighted by atomic mass is 16.4. The lowest BCUT2D eigenvalue weighted by Crippen LogP contribution is -2.01. The maximum absolute atomic E-state index is 11.8. The summed E-state index contributed by atoms with van der Waals surface area (Å²) < 4.78 is 0. The summed E-state index contributed by atoms with van der Waals surface area (Å²) in [5.41, 5.74) is 5.48. The van der Waals surface area contributed by atoms with E-state index in [0.717, 1.165) is 22.2 Å². The molecule has 144 valence electrons. The maximum atomic E-state index is 11.8. The second kappa shape index (κ2) is 7.04. The molecule has 1 N–H and O–H groups in total. The minimum absolute atomic E-state index is 0.211. The number of nitrogens with zero attached hydrogens (tertiary/aromatic N) is 3. The van der Waals surface area contributed by atoms with E-state index < -0.39 is 5.97 Å². The molecule has 0 aliphatic heterocycles. The smallest absolute Gasteiger partial charge is 0.336 e. The molecule has 5 heteroatoms. The van der Waals surface area contributed by atoms with Gasteiger partial charge < -0.3 is 5.11 Å². The number of para-hydroxylation sites is 2. The Kier molecular flexibility index (Phi) is 4.21. The van der Waals surface area contributed by atoms with E-state index >= 15 is 0 Å². The molecule has 0 saturated carbocycles. The van der Waals surface area contributed by atoms with Crippen LogP contribution >= 0.6 is 0 Å². The van der Waals surface area contributed by atoms with Crippen LogP contribution in [-0.2, 0) is 0 Å². The van der Waals surface area contributed by atoms with Crippen LogP contribution in [0.25, 0.3) is 44.6 Å². The van der Waals surface area contributed by atoms with Crippen LogP contribution in [0.4, 0.5) is 0 Å². The zero-order valence-corrected chi connectivity index (χ0v) is 16.2. The van der Waals surface area contributed by atoms with Gasteiger partial charge in [-0.1, -0.05) is 42.5 Å². The maximum Gasteiger partial charge on any atom is 0.336 e. The molecule has 3 heterocycles. The Morgan fingerprint density at radius 1 is 0.667 bits per heavy atom. The Balaban J connectivity index is 1.67. The topological polar surface area (TPSA) is 76.0 Å². The first-order valence-electron chi connectivity index (χ1n) is 9.57. The number of aromatic nitrogens is 3. The molecule has 5 aromatic rings. The lowest BCUT2D eigenvalue weighted by Gasteiger charge is -2.09. The summed E-state index contributed by atoms with van der Waals surface area (Å²) >= 11 is 0. The van der Waals surface area contributed by atoms with Crippen LogP contribution in [0.2, 0.25) is 0 Å². The van der Waals surface area contributed by atoms with Crippen LogP contribution in [-0.4, -0.2) is 26.0 Å². The van der Waals surface area contributed by atoms with Gasteiger partial charge in [-0.05, 0) is 48.9 Å². The number of carbonyl (C=O) groups is 1. The predicted octanol–water partition coefficient (Wildman–Crippen LogP) is 5.52. The van der Waals surface area contributed by atoms with E-state index in [1.165, 1.54) is 0 Å². The minimum atomic E-state index is -0.988. The molecule has 5 rings (SSSR count). The number of benzene rings is 2. The summed E-state index contributed by atoms with van der Waals surface area (Å²) in [6.45, 7) is 2.06. The van der Waals surface area contributed by atoms with Crippen molar-refractivity contribution in [2.24, 2.45) is 0 Å². The summed E-state index contributed by atoms with van der Waals surface area (Å²) in [6, 6.07) is 24.5. The Labute approximate surface area is 172 Å².